The quantitative estimate of drug-likeness (QED) is 0.490. The molecular formula is C27H28N4O2. The fourth-order valence-electron chi connectivity index (χ4n) is 4.15. The zero-order valence-electron chi connectivity index (χ0n) is 18.9. The van der Waals surface area contributed by atoms with Crippen molar-refractivity contribution in [3.05, 3.63) is 84.2 Å². The Kier molecular flexibility index (Phi) is 7.33. The van der Waals surface area contributed by atoms with Gasteiger partial charge in [-0.1, -0.05) is 24.3 Å². The van der Waals surface area contributed by atoms with Gasteiger partial charge in [-0.25, -0.2) is 0 Å². The molecule has 3 aromatic rings. The van der Waals surface area contributed by atoms with Gasteiger partial charge in [-0.05, 0) is 60.4 Å². The maximum atomic E-state index is 12.6. The van der Waals surface area contributed by atoms with Gasteiger partial charge in [0.25, 0.3) is 5.91 Å². The Labute approximate surface area is 195 Å². The van der Waals surface area contributed by atoms with E-state index in [0.717, 1.165) is 49.4 Å². The standard InChI is InChI=1S/C27H28N4O2/c1-30(27(32)24-4-2-14-29-19-24)25-13-16-31(20-25)15-3-17-33-26-11-9-23(10-12-26)22-7-5-21(18-28)6-8-22/h2,4-12,14,19,25H,3,13,15-17,20H2,1H3/t25-/m1/s1. The predicted molar refractivity (Wildman–Crippen MR) is 128 cm³/mol. The molecule has 0 bridgehead atoms. The second kappa shape index (κ2) is 10.8. The van der Waals surface area contributed by atoms with Crippen molar-refractivity contribution in [2.24, 2.45) is 0 Å². The molecule has 6 nitrogen and oxygen atoms in total. The summed E-state index contributed by atoms with van der Waals surface area (Å²) in [7, 11) is 1.88. The molecule has 0 radical (unpaired) electrons. The van der Waals surface area contributed by atoms with Crippen LogP contribution in [0.3, 0.4) is 0 Å². The molecule has 1 aliphatic heterocycles. The molecule has 6 heteroatoms. The topological polar surface area (TPSA) is 69.5 Å². The van der Waals surface area contributed by atoms with Gasteiger partial charge in [0, 0.05) is 45.1 Å². The largest absolute Gasteiger partial charge is 0.494 e. The normalized spacial score (nSPS) is 15.7. The summed E-state index contributed by atoms with van der Waals surface area (Å²) in [6.07, 6.45) is 5.23. The van der Waals surface area contributed by atoms with E-state index in [4.69, 9.17) is 10.00 Å². The van der Waals surface area contributed by atoms with Crippen LogP contribution >= 0.6 is 0 Å². The maximum Gasteiger partial charge on any atom is 0.255 e. The molecule has 0 spiro atoms. The number of carbonyl (C=O) groups excluding carboxylic acids is 1. The van der Waals surface area contributed by atoms with Gasteiger partial charge in [0.1, 0.15) is 5.75 Å². The number of nitriles is 1. The molecule has 0 unspecified atom stereocenters. The van der Waals surface area contributed by atoms with Gasteiger partial charge in [-0.2, -0.15) is 5.26 Å². The number of hydrogen-bond donors (Lipinski definition) is 0. The minimum absolute atomic E-state index is 0.0303. The van der Waals surface area contributed by atoms with Crippen molar-refractivity contribution in [1.29, 1.82) is 5.26 Å². The van der Waals surface area contributed by atoms with Crippen molar-refractivity contribution in [3.8, 4) is 22.9 Å². The Balaban J connectivity index is 1.19. The molecule has 2 aromatic carbocycles. The monoisotopic (exact) mass is 440 g/mol. The lowest BCUT2D eigenvalue weighted by Gasteiger charge is -2.25. The summed E-state index contributed by atoms with van der Waals surface area (Å²) in [5.74, 6) is 0.885. The summed E-state index contributed by atoms with van der Waals surface area (Å²) in [5.41, 5.74) is 3.47. The van der Waals surface area contributed by atoms with Crippen molar-refractivity contribution < 1.29 is 9.53 Å². The van der Waals surface area contributed by atoms with Crippen LogP contribution in [0.25, 0.3) is 11.1 Å². The van der Waals surface area contributed by atoms with Crippen LogP contribution in [0, 0.1) is 11.3 Å². The Morgan fingerprint density at radius 3 is 2.55 bits per heavy atom. The van der Waals surface area contributed by atoms with E-state index in [1.807, 2.05) is 66.5 Å². The van der Waals surface area contributed by atoms with Crippen LogP contribution in [0.4, 0.5) is 0 Å². The molecule has 2 heterocycles. The number of likely N-dealkylation sites (N-methyl/N-ethyl adjacent to an activating group) is 1. The summed E-state index contributed by atoms with van der Waals surface area (Å²) < 4.78 is 5.92. The summed E-state index contributed by atoms with van der Waals surface area (Å²) >= 11 is 0. The molecule has 1 atom stereocenters. The number of aromatic nitrogens is 1. The van der Waals surface area contributed by atoms with Crippen LogP contribution < -0.4 is 4.74 Å². The predicted octanol–water partition coefficient (Wildman–Crippen LogP) is 4.24. The third-order valence-electron chi connectivity index (χ3n) is 6.11. The van der Waals surface area contributed by atoms with E-state index in [-0.39, 0.29) is 11.9 Å². The molecule has 33 heavy (non-hydrogen) atoms. The van der Waals surface area contributed by atoms with Gasteiger partial charge in [0.05, 0.1) is 23.8 Å². The zero-order valence-corrected chi connectivity index (χ0v) is 18.9. The van der Waals surface area contributed by atoms with E-state index in [1.165, 1.54) is 0 Å². The Morgan fingerprint density at radius 1 is 1.15 bits per heavy atom. The summed E-state index contributed by atoms with van der Waals surface area (Å²) in [6, 6.07) is 21.6. The maximum absolute atomic E-state index is 12.6. The van der Waals surface area contributed by atoms with E-state index in [1.54, 1.807) is 18.5 Å². The first-order chi connectivity index (χ1) is 16.1. The van der Waals surface area contributed by atoms with E-state index < -0.39 is 0 Å². The van der Waals surface area contributed by atoms with Crippen LogP contribution in [0.5, 0.6) is 5.75 Å². The second-order valence-electron chi connectivity index (χ2n) is 8.32. The van der Waals surface area contributed by atoms with Gasteiger partial charge in [-0.3, -0.25) is 9.78 Å². The molecule has 1 saturated heterocycles. The molecular weight excluding hydrogens is 412 g/mol. The molecule has 0 N–H and O–H groups in total. The van der Waals surface area contributed by atoms with Gasteiger partial charge >= 0.3 is 0 Å². The number of pyridine rings is 1. The lowest BCUT2D eigenvalue weighted by atomic mass is 10.0. The molecule has 4 rings (SSSR count). The van der Waals surface area contributed by atoms with Crippen molar-refractivity contribution in [3.63, 3.8) is 0 Å². The van der Waals surface area contributed by atoms with Crippen molar-refractivity contribution >= 4 is 5.91 Å². The summed E-state index contributed by atoms with van der Waals surface area (Å²) in [5, 5.41) is 8.92. The average Bonchev–Trinajstić information content (AvgIpc) is 3.36. The van der Waals surface area contributed by atoms with Crippen LogP contribution in [-0.4, -0.2) is 60.0 Å². The molecule has 0 saturated carbocycles. The van der Waals surface area contributed by atoms with Gasteiger partial charge in [-0.15, -0.1) is 0 Å². The first-order valence-electron chi connectivity index (χ1n) is 11.3. The first kappa shape index (κ1) is 22.5. The number of nitrogens with zero attached hydrogens (tertiary/aromatic N) is 4. The first-order valence-corrected chi connectivity index (χ1v) is 11.3. The third-order valence-corrected chi connectivity index (χ3v) is 6.11. The van der Waals surface area contributed by atoms with Crippen LogP contribution in [0.1, 0.15) is 28.8 Å². The van der Waals surface area contributed by atoms with Gasteiger partial charge in [0.2, 0.25) is 0 Å². The molecule has 1 amide bonds. The van der Waals surface area contributed by atoms with Crippen LogP contribution in [0.15, 0.2) is 73.1 Å². The minimum atomic E-state index is 0.0303. The van der Waals surface area contributed by atoms with E-state index >= 15 is 0 Å². The summed E-state index contributed by atoms with van der Waals surface area (Å²) in [4.78, 5) is 20.9. The van der Waals surface area contributed by atoms with Crippen molar-refractivity contribution in [2.45, 2.75) is 18.9 Å². The highest BCUT2D eigenvalue weighted by Crippen LogP contribution is 2.23. The Hall–Kier alpha value is -3.69. The van der Waals surface area contributed by atoms with Gasteiger partial charge in [0.15, 0.2) is 0 Å². The fraction of sp³-hybridized carbons (Fsp3) is 0.296. The lowest BCUT2D eigenvalue weighted by Crippen LogP contribution is -2.39. The second-order valence-corrected chi connectivity index (χ2v) is 8.32. The smallest absolute Gasteiger partial charge is 0.255 e. The highest BCUT2D eigenvalue weighted by Gasteiger charge is 2.28. The summed E-state index contributed by atoms with van der Waals surface area (Å²) in [6.45, 7) is 3.49. The van der Waals surface area contributed by atoms with Crippen LogP contribution in [0.2, 0.25) is 0 Å². The van der Waals surface area contributed by atoms with Crippen molar-refractivity contribution in [1.82, 2.24) is 14.8 Å². The van der Waals surface area contributed by atoms with Crippen molar-refractivity contribution in [2.75, 3.05) is 33.3 Å². The fourth-order valence-corrected chi connectivity index (χ4v) is 4.15. The number of amides is 1. The molecule has 1 fully saturated rings. The highest BCUT2D eigenvalue weighted by atomic mass is 16.5. The number of rotatable bonds is 8. The third kappa shape index (κ3) is 5.76. The highest BCUT2D eigenvalue weighted by molar-refractivity contribution is 5.93. The Bertz CT molecular complexity index is 1090. The molecule has 1 aliphatic rings. The van der Waals surface area contributed by atoms with E-state index in [0.29, 0.717) is 17.7 Å². The number of hydrogen-bond acceptors (Lipinski definition) is 5. The minimum Gasteiger partial charge on any atom is -0.494 e. The SMILES string of the molecule is CN(C(=O)c1cccnc1)[C@@H]1CCN(CCCOc2ccc(-c3ccc(C#N)cc3)cc2)C1. The number of likely N-dealkylation sites (tertiary alicyclic amines) is 1. The number of ether oxygens (including phenoxy) is 1. The average molecular weight is 441 g/mol. The number of benzene rings is 2. The molecule has 0 aliphatic carbocycles. The molecule has 1 aromatic heterocycles. The lowest BCUT2D eigenvalue weighted by molar-refractivity contribution is 0.0734. The Morgan fingerprint density at radius 2 is 1.88 bits per heavy atom. The van der Waals surface area contributed by atoms with Crippen LogP contribution in [-0.2, 0) is 0 Å². The zero-order chi connectivity index (χ0) is 23.0. The van der Waals surface area contributed by atoms with E-state index in [2.05, 4.69) is 16.0 Å². The number of carbonyl (C=O) groups is 1. The van der Waals surface area contributed by atoms with Gasteiger partial charge < -0.3 is 14.5 Å². The molecule has 168 valence electrons. The van der Waals surface area contributed by atoms with E-state index in [9.17, 15) is 4.79 Å².